The highest BCUT2D eigenvalue weighted by atomic mass is 16.2. The molecule has 96 valence electrons. The molecule has 6 heteroatoms. The lowest BCUT2D eigenvalue weighted by atomic mass is 10.1. The molecule has 1 aromatic rings. The van der Waals surface area contributed by atoms with Gasteiger partial charge in [0.2, 0.25) is 5.91 Å². The Morgan fingerprint density at radius 3 is 2.83 bits per heavy atom. The quantitative estimate of drug-likeness (QED) is 0.764. The fourth-order valence-electron chi connectivity index (χ4n) is 2.11. The Morgan fingerprint density at radius 2 is 2.22 bits per heavy atom. The second-order valence-corrected chi connectivity index (χ2v) is 4.54. The summed E-state index contributed by atoms with van der Waals surface area (Å²) in [6.07, 6.45) is 2.14. The molecular weight excluding hydrogens is 232 g/mol. The molecule has 1 atom stereocenters. The van der Waals surface area contributed by atoms with E-state index in [0.717, 1.165) is 0 Å². The summed E-state index contributed by atoms with van der Waals surface area (Å²) in [7, 11) is 0. The highest BCUT2D eigenvalue weighted by molar-refractivity contribution is 5.96. The van der Waals surface area contributed by atoms with Crippen molar-refractivity contribution < 1.29 is 9.59 Å². The van der Waals surface area contributed by atoms with Gasteiger partial charge in [-0.3, -0.25) is 14.6 Å². The molecule has 1 aromatic heterocycles. The van der Waals surface area contributed by atoms with Crippen LogP contribution in [0.2, 0.25) is 0 Å². The third-order valence-electron chi connectivity index (χ3n) is 3.22. The number of primary amides is 1. The summed E-state index contributed by atoms with van der Waals surface area (Å²) in [4.78, 5) is 29.0. The van der Waals surface area contributed by atoms with E-state index in [9.17, 15) is 9.59 Å². The summed E-state index contributed by atoms with van der Waals surface area (Å²) >= 11 is 0. The van der Waals surface area contributed by atoms with E-state index in [-0.39, 0.29) is 17.7 Å². The summed E-state index contributed by atoms with van der Waals surface area (Å²) in [6, 6.07) is 1.61. The van der Waals surface area contributed by atoms with Gasteiger partial charge in [-0.1, -0.05) is 0 Å². The predicted molar refractivity (Wildman–Crippen MR) is 66.6 cm³/mol. The molecule has 0 aliphatic carbocycles. The summed E-state index contributed by atoms with van der Waals surface area (Å²) in [6.45, 7) is 2.68. The van der Waals surface area contributed by atoms with Gasteiger partial charge in [-0.2, -0.15) is 0 Å². The molecule has 1 aliphatic rings. The van der Waals surface area contributed by atoms with E-state index in [2.05, 4.69) is 4.98 Å². The molecule has 6 nitrogen and oxygen atoms in total. The van der Waals surface area contributed by atoms with Crippen molar-refractivity contribution in [2.45, 2.75) is 13.3 Å². The first-order valence-electron chi connectivity index (χ1n) is 5.79. The Bertz CT molecular complexity index is 501. The molecule has 1 unspecified atom stereocenters. The fraction of sp³-hybridized carbons (Fsp3) is 0.417. The molecule has 0 spiro atoms. The van der Waals surface area contributed by atoms with Gasteiger partial charge in [0.05, 0.1) is 29.1 Å². The van der Waals surface area contributed by atoms with E-state index in [1.807, 2.05) is 0 Å². The Hall–Kier alpha value is -2.11. The Kier molecular flexibility index (Phi) is 3.18. The number of carbonyl (C=O) groups is 2. The van der Waals surface area contributed by atoms with Crippen LogP contribution < -0.4 is 11.5 Å². The number of carbonyl (C=O) groups excluding carboxylic acids is 2. The molecule has 1 aliphatic heterocycles. The molecule has 4 N–H and O–H groups in total. The van der Waals surface area contributed by atoms with Crippen LogP contribution in [0.3, 0.4) is 0 Å². The number of amides is 2. The van der Waals surface area contributed by atoms with Gasteiger partial charge < -0.3 is 16.4 Å². The average Bonchev–Trinajstić information content (AvgIpc) is 2.81. The van der Waals surface area contributed by atoms with Crippen LogP contribution in [0, 0.1) is 12.8 Å². The van der Waals surface area contributed by atoms with Crippen LogP contribution in [0.25, 0.3) is 0 Å². The molecule has 0 saturated carbocycles. The third-order valence-corrected chi connectivity index (χ3v) is 3.22. The zero-order valence-electron chi connectivity index (χ0n) is 10.2. The SMILES string of the molecule is Cc1ncc(N)cc1C(=O)N1CCC(C(N)=O)C1. The minimum Gasteiger partial charge on any atom is -0.397 e. The van der Waals surface area contributed by atoms with Crippen molar-refractivity contribution in [1.82, 2.24) is 9.88 Å². The summed E-state index contributed by atoms with van der Waals surface area (Å²) < 4.78 is 0. The number of likely N-dealkylation sites (tertiary alicyclic amines) is 1. The van der Waals surface area contributed by atoms with Crippen molar-refractivity contribution in [2.75, 3.05) is 18.8 Å². The average molecular weight is 248 g/mol. The normalized spacial score (nSPS) is 18.9. The van der Waals surface area contributed by atoms with Crippen LogP contribution in [0.1, 0.15) is 22.5 Å². The Balaban J connectivity index is 2.17. The van der Waals surface area contributed by atoms with Gasteiger partial charge >= 0.3 is 0 Å². The maximum absolute atomic E-state index is 12.3. The number of aryl methyl sites for hydroxylation is 1. The summed E-state index contributed by atoms with van der Waals surface area (Å²) in [5.74, 6) is -0.743. The van der Waals surface area contributed by atoms with Crippen LogP contribution in [0.15, 0.2) is 12.3 Å². The van der Waals surface area contributed by atoms with Gasteiger partial charge in [-0.15, -0.1) is 0 Å². The van der Waals surface area contributed by atoms with Crippen LogP contribution in [0.5, 0.6) is 0 Å². The van der Waals surface area contributed by atoms with Gasteiger partial charge in [0.15, 0.2) is 0 Å². The topological polar surface area (TPSA) is 102 Å². The van der Waals surface area contributed by atoms with Crippen molar-refractivity contribution in [2.24, 2.45) is 11.7 Å². The first-order chi connectivity index (χ1) is 8.49. The minimum absolute atomic E-state index is 0.143. The van der Waals surface area contributed by atoms with Gasteiger partial charge in [-0.25, -0.2) is 0 Å². The first kappa shape index (κ1) is 12.3. The lowest BCUT2D eigenvalue weighted by Gasteiger charge is -2.17. The number of nitrogens with two attached hydrogens (primary N) is 2. The van der Waals surface area contributed by atoms with Crippen molar-refractivity contribution in [3.63, 3.8) is 0 Å². The van der Waals surface area contributed by atoms with Gasteiger partial charge in [0.25, 0.3) is 5.91 Å². The second kappa shape index (κ2) is 4.64. The molecule has 2 heterocycles. The van der Waals surface area contributed by atoms with E-state index in [4.69, 9.17) is 11.5 Å². The smallest absolute Gasteiger partial charge is 0.255 e. The Labute approximate surface area is 105 Å². The number of anilines is 1. The highest BCUT2D eigenvalue weighted by Crippen LogP contribution is 2.20. The van der Waals surface area contributed by atoms with Crippen LogP contribution in [0.4, 0.5) is 5.69 Å². The minimum atomic E-state index is -0.354. The number of hydrogen-bond acceptors (Lipinski definition) is 4. The van der Waals surface area contributed by atoms with Crippen LogP contribution in [-0.4, -0.2) is 34.8 Å². The third kappa shape index (κ3) is 2.27. The van der Waals surface area contributed by atoms with Crippen molar-refractivity contribution in [3.8, 4) is 0 Å². The van der Waals surface area contributed by atoms with Crippen molar-refractivity contribution >= 4 is 17.5 Å². The number of hydrogen-bond donors (Lipinski definition) is 2. The number of rotatable bonds is 2. The van der Waals surface area contributed by atoms with Crippen LogP contribution >= 0.6 is 0 Å². The summed E-state index contributed by atoms with van der Waals surface area (Å²) in [5.41, 5.74) is 12.5. The standard InChI is InChI=1S/C12H16N4O2/c1-7-10(4-9(13)5-15-7)12(18)16-3-2-8(6-16)11(14)17/h4-5,8H,2-3,6,13H2,1H3,(H2,14,17). The molecule has 0 bridgehead atoms. The fourth-order valence-corrected chi connectivity index (χ4v) is 2.11. The lowest BCUT2D eigenvalue weighted by molar-refractivity contribution is -0.121. The van der Waals surface area contributed by atoms with Gasteiger partial charge in [0.1, 0.15) is 0 Å². The molecule has 18 heavy (non-hydrogen) atoms. The maximum Gasteiger partial charge on any atom is 0.255 e. The molecule has 0 radical (unpaired) electrons. The molecule has 1 fully saturated rings. The Morgan fingerprint density at radius 1 is 1.50 bits per heavy atom. The molecular formula is C12H16N4O2. The number of pyridine rings is 1. The van der Waals surface area contributed by atoms with E-state index in [0.29, 0.717) is 36.5 Å². The monoisotopic (exact) mass is 248 g/mol. The van der Waals surface area contributed by atoms with Gasteiger partial charge in [-0.05, 0) is 19.4 Å². The second-order valence-electron chi connectivity index (χ2n) is 4.54. The maximum atomic E-state index is 12.3. The highest BCUT2D eigenvalue weighted by Gasteiger charge is 2.30. The van der Waals surface area contributed by atoms with E-state index in [1.54, 1.807) is 17.9 Å². The molecule has 0 aromatic carbocycles. The predicted octanol–water partition coefficient (Wildman–Crippen LogP) is -0.0804. The van der Waals surface area contributed by atoms with Gasteiger partial charge in [0, 0.05) is 13.1 Å². The first-order valence-corrected chi connectivity index (χ1v) is 5.79. The molecule has 2 amide bonds. The number of nitrogens with zero attached hydrogens (tertiary/aromatic N) is 2. The van der Waals surface area contributed by atoms with E-state index < -0.39 is 0 Å². The van der Waals surface area contributed by atoms with E-state index in [1.165, 1.54) is 6.20 Å². The zero-order chi connectivity index (χ0) is 13.3. The van der Waals surface area contributed by atoms with Crippen molar-refractivity contribution in [1.29, 1.82) is 0 Å². The lowest BCUT2D eigenvalue weighted by Crippen LogP contribution is -2.32. The van der Waals surface area contributed by atoms with E-state index >= 15 is 0 Å². The van der Waals surface area contributed by atoms with Crippen molar-refractivity contribution in [3.05, 3.63) is 23.5 Å². The number of aromatic nitrogens is 1. The zero-order valence-corrected chi connectivity index (χ0v) is 10.2. The number of nitrogen functional groups attached to an aromatic ring is 1. The molecule has 2 rings (SSSR count). The molecule has 1 saturated heterocycles. The van der Waals surface area contributed by atoms with Crippen LogP contribution in [-0.2, 0) is 4.79 Å². The summed E-state index contributed by atoms with van der Waals surface area (Å²) in [5, 5.41) is 0. The largest absolute Gasteiger partial charge is 0.397 e.